The van der Waals surface area contributed by atoms with Gasteiger partial charge in [0.05, 0.1) is 23.8 Å². The van der Waals surface area contributed by atoms with Gasteiger partial charge in [0, 0.05) is 22.6 Å². The average Bonchev–Trinajstić information content (AvgIpc) is 2.78. The lowest BCUT2D eigenvalue weighted by Gasteiger charge is -2.34. The Balaban J connectivity index is 2.03. The second kappa shape index (κ2) is 6.14. The molecule has 3 heterocycles. The lowest BCUT2D eigenvalue weighted by Crippen LogP contribution is -2.42. The summed E-state index contributed by atoms with van der Waals surface area (Å²) in [5, 5.41) is 0.382. The number of carbonyl (C=O) groups is 1. The molecule has 0 bridgehead atoms. The van der Waals surface area contributed by atoms with Crippen LogP contribution < -0.4 is 0 Å². The fourth-order valence-electron chi connectivity index (χ4n) is 3.09. The van der Waals surface area contributed by atoms with Crippen LogP contribution in [0, 0.1) is 0 Å². The van der Waals surface area contributed by atoms with Crippen molar-refractivity contribution in [1.29, 1.82) is 0 Å². The van der Waals surface area contributed by atoms with Gasteiger partial charge in [-0.1, -0.05) is 0 Å². The van der Waals surface area contributed by atoms with Gasteiger partial charge in [0.2, 0.25) is 0 Å². The normalized spacial score (nSPS) is 18.2. The zero-order valence-corrected chi connectivity index (χ0v) is 16.4. The fourth-order valence-corrected chi connectivity index (χ4v) is 3.70. The summed E-state index contributed by atoms with van der Waals surface area (Å²) in [6, 6.07) is 0.937. The summed E-state index contributed by atoms with van der Waals surface area (Å²) in [7, 11) is 0. The molecule has 0 saturated heterocycles. The van der Waals surface area contributed by atoms with Crippen molar-refractivity contribution < 1.29 is 22.7 Å². The maximum absolute atomic E-state index is 13.0. The summed E-state index contributed by atoms with van der Waals surface area (Å²) < 4.78 is 46.8. The van der Waals surface area contributed by atoms with Crippen LogP contribution in [0.25, 0.3) is 11.0 Å². The maximum Gasteiger partial charge on any atom is 0.417 e. The van der Waals surface area contributed by atoms with E-state index in [9.17, 15) is 18.0 Å². The quantitative estimate of drug-likeness (QED) is 0.578. The molecular weight excluding hydrogens is 415 g/mol. The van der Waals surface area contributed by atoms with Crippen LogP contribution in [-0.2, 0) is 17.5 Å². The number of hydrogen-bond donors (Lipinski definition) is 0. The molecule has 0 saturated carbocycles. The van der Waals surface area contributed by atoms with Crippen LogP contribution in [0.4, 0.5) is 18.0 Å². The first-order valence-electron chi connectivity index (χ1n) is 8.12. The van der Waals surface area contributed by atoms with Gasteiger partial charge in [0.25, 0.3) is 0 Å². The van der Waals surface area contributed by atoms with Crippen molar-refractivity contribution in [3.63, 3.8) is 0 Å². The van der Waals surface area contributed by atoms with E-state index in [0.29, 0.717) is 27.7 Å². The average molecular weight is 434 g/mol. The molecule has 2 aromatic heterocycles. The van der Waals surface area contributed by atoms with Crippen LogP contribution in [0.1, 0.15) is 45.0 Å². The molecule has 0 aliphatic carbocycles. The van der Waals surface area contributed by atoms with Gasteiger partial charge in [-0.25, -0.2) is 9.78 Å². The predicted octanol–water partition coefficient (Wildman–Crippen LogP) is 5.13. The molecule has 0 fully saturated rings. The van der Waals surface area contributed by atoms with Crippen molar-refractivity contribution in [1.82, 2.24) is 14.5 Å². The number of alkyl halides is 3. The van der Waals surface area contributed by atoms with Crippen LogP contribution in [0.5, 0.6) is 0 Å². The highest BCUT2D eigenvalue weighted by molar-refractivity contribution is 9.10. The minimum atomic E-state index is -4.46. The largest absolute Gasteiger partial charge is 0.444 e. The Bertz CT molecular complexity index is 871. The zero-order valence-electron chi connectivity index (χ0n) is 14.8. The van der Waals surface area contributed by atoms with Crippen molar-refractivity contribution in [2.24, 2.45) is 0 Å². The number of halogens is 4. The third kappa shape index (κ3) is 3.41. The van der Waals surface area contributed by atoms with Gasteiger partial charge in [-0.05, 0) is 49.7 Å². The van der Waals surface area contributed by atoms with E-state index in [4.69, 9.17) is 4.74 Å². The van der Waals surface area contributed by atoms with E-state index in [1.165, 1.54) is 0 Å². The second-order valence-corrected chi connectivity index (χ2v) is 8.23. The van der Waals surface area contributed by atoms with Gasteiger partial charge >= 0.3 is 12.3 Å². The molecular formula is C17H19BrF3N3O2. The number of nitrogens with zero attached hydrogens (tertiary/aromatic N) is 3. The van der Waals surface area contributed by atoms with Crippen LogP contribution in [0.15, 0.2) is 16.7 Å². The Morgan fingerprint density at radius 1 is 1.35 bits per heavy atom. The van der Waals surface area contributed by atoms with E-state index >= 15 is 0 Å². The molecule has 9 heteroatoms. The Hall–Kier alpha value is -1.77. The first-order valence-corrected chi connectivity index (χ1v) is 8.91. The van der Waals surface area contributed by atoms with Gasteiger partial charge in [-0.2, -0.15) is 13.2 Å². The maximum atomic E-state index is 13.0. The topological polar surface area (TPSA) is 47.4 Å². The lowest BCUT2D eigenvalue weighted by atomic mass is 10.2. The highest BCUT2D eigenvalue weighted by Crippen LogP contribution is 2.39. The van der Waals surface area contributed by atoms with E-state index in [0.717, 1.165) is 12.3 Å². The molecule has 3 rings (SSSR count). The SMILES string of the molecule is C[C@@H]1CN(C(=O)OC(C)(C)C)Cc2c(Br)c3cc(C(F)(F)F)cnc3n21. The Morgan fingerprint density at radius 2 is 2.00 bits per heavy atom. The molecule has 1 amide bonds. The highest BCUT2D eigenvalue weighted by Gasteiger charge is 2.35. The summed E-state index contributed by atoms with van der Waals surface area (Å²) in [4.78, 5) is 18.0. The smallest absolute Gasteiger partial charge is 0.417 e. The van der Waals surface area contributed by atoms with Crippen molar-refractivity contribution >= 4 is 33.1 Å². The lowest BCUT2D eigenvalue weighted by molar-refractivity contribution is -0.137. The number of aromatic nitrogens is 2. The molecule has 1 aliphatic heterocycles. The van der Waals surface area contributed by atoms with E-state index in [1.54, 1.807) is 25.7 Å². The van der Waals surface area contributed by atoms with Gasteiger partial charge in [0.1, 0.15) is 11.2 Å². The number of rotatable bonds is 0. The summed E-state index contributed by atoms with van der Waals surface area (Å²) in [6.07, 6.45) is -4.07. The van der Waals surface area contributed by atoms with E-state index in [1.807, 2.05) is 11.5 Å². The number of fused-ring (bicyclic) bond motifs is 3. The standard InChI is InChI=1S/C17H19BrF3N3O2/c1-9-7-23(15(25)26-16(2,3)4)8-12-13(18)11-5-10(17(19,20)21)6-22-14(11)24(9)12/h5-6,9H,7-8H2,1-4H3/t9-/m1/s1. The van der Waals surface area contributed by atoms with Gasteiger partial charge in [-0.15, -0.1) is 0 Å². The number of ether oxygens (including phenoxy) is 1. The third-order valence-corrected chi connectivity index (χ3v) is 5.01. The van der Waals surface area contributed by atoms with Crippen LogP contribution in [0.2, 0.25) is 0 Å². The van der Waals surface area contributed by atoms with Crippen LogP contribution in [0.3, 0.4) is 0 Å². The number of pyridine rings is 1. The molecule has 26 heavy (non-hydrogen) atoms. The number of carbonyl (C=O) groups excluding carboxylic acids is 1. The minimum absolute atomic E-state index is 0.149. The van der Waals surface area contributed by atoms with Crippen LogP contribution in [-0.4, -0.2) is 32.7 Å². The third-order valence-electron chi connectivity index (χ3n) is 4.12. The Kier molecular flexibility index (Phi) is 4.49. The van der Waals surface area contributed by atoms with E-state index < -0.39 is 23.4 Å². The number of hydrogen-bond acceptors (Lipinski definition) is 3. The Labute approximate surface area is 157 Å². The van der Waals surface area contributed by atoms with E-state index in [2.05, 4.69) is 20.9 Å². The molecule has 0 spiro atoms. The first-order chi connectivity index (χ1) is 11.9. The fraction of sp³-hybridized carbons (Fsp3) is 0.529. The van der Waals surface area contributed by atoms with Gasteiger partial charge in [-0.3, -0.25) is 0 Å². The van der Waals surface area contributed by atoms with Gasteiger partial charge < -0.3 is 14.2 Å². The molecule has 1 aliphatic rings. The van der Waals surface area contributed by atoms with Crippen molar-refractivity contribution in [2.45, 2.75) is 52.1 Å². The predicted molar refractivity (Wildman–Crippen MR) is 93.8 cm³/mol. The van der Waals surface area contributed by atoms with Crippen LogP contribution >= 0.6 is 15.9 Å². The van der Waals surface area contributed by atoms with Crippen molar-refractivity contribution in [3.05, 3.63) is 28.0 Å². The molecule has 0 unspecified atom stereocenters. The molecule has 1 atom stereocenters. The second-order valence-electron chi connectivity index (χ2n) is 7.43. The van der Waals surface area contributed by atoms with Crippen molar-refractivity contribution in [3.8, 4) is 0 Å². The zero-order chi connectivity index (χ0) is 19.4. The van der Waals surface area contributed by atoms with Gasteiger partial charge in [0.15, 0.2) is 0 Å². The van der Waals surface area contributed by atoms with Crippen molar-refractivity contribution in [2.75, 3.05) is 6.54 Å². The number of amides is 1. The minimum Gasteiger partial charge on any atom is -0.444 e. The molecule has 0 aromatic carbocycles. The molecule has 0 radical (unpaired) electrons. The summed E-state index contributed by atoms with van der Waals surface area (Å²) >= 11 is 3.40. The summed E-state index contributed by atoms with van der Waals surface area (Å²) in [5.74, 6) is 0. The molecule has 5 nitrogen and oxygen atoms in total. The summed E-state index contributed by atoms with van der Waals surface area (Å²) in [5.41, 5.74) is -0.247. The molecule has 142 valence electrons. The summed E-state index contributed by atoms with van der Waals surface area (Å²) in [6.45, 7) is 7.87. The Morgan fingerprint density at radius 3 is 2.58 bits per heavy atom. The first kappa shape index (κ1) is 19.0. The monoisotopic (exact) mass is 433 g/mol. The molecule has 0 N–H and O–H groups in total. The van der Waals surface area contributed by atoms with E-state index in [-0.39, 0.29) is 12.6 Å². The highest BCUT2D eigenvalue weighted by atomic mass is 79.9. The molecule has 2 aromatic rings.